The second-order valence-corrected chi connectivity index (χ2v) is 7.55. The van der Waals surface area contributed by atoms with Crippen molar-refractivity contribution in [2.75, 3.05) is 0 Å². The fourth-order valence-electron chi connectivity index (χ4n) is 3.24. The molecule has 0 amide bonds. The van der Waals surface area contributed by atoms with Crippen molar-refractivity contribution < 1.29 is 0 Å². The Morgan fingerprint density at radius 1 is 0.750 bits per heavy atom. The summed E-state index contributed by atoms with van der Waals surface area (Å²) in [5, 5.41) is 10.5. The van der Waals surface area contributed by atoms with Crippen LogP contribution in [0.1, 0.15) is 0 Å². The van der Waals surface area contributed by atoms with E-state index in [2.05, 4.69) is 10.2 Å². The summed E-state index contributed by atoms with van der Waals surface area (Å²) in [6.45, 7) is 0. The molecule has 0 aliphatic heterocycles. The predicted molar refractivity (Wildman–Crippen MR) is 114 cm³/mol. The second kappa shape index (κ2) is 6.74. The molecule has 0 spiro atoms. The molecule has 5 aromatic rings. The van der Waals surface area contributed by atoms with E-state index in [0.717, 1.165) is 27.9 Å². The lowest BCUT2D eigenvalue weighted by Crippen LogP contribution is -1.98. The molecule has 0 atom stereocenters. The molecule has 136 valence electrons. The van der Waals surface area contributed by atoms with Gasteiger partial charge in [0.1, 0.15) is 5.69 Å². The summed E-state index contributed by atoms with van der Waals surface area (Å²) >= 11 is 18.8. The number of halogens is 3. The monoisotopic (exact) mass is 424 g/mol. The molecule has 2 aromatic heterocycles. The first-order valence-corrected chi connectivity index (χ1v) is 9.60. The molecule has 0 radical (unpaired) electrons. The summed E-state index contributed by atoms with van der Waals surface area (Å²) < 4.78 is 1.94. The molecule has 0 saturated carbocycles. The molecule has 0 N–H and O–H groups in total. The van der Waals surface area contributed by atoms with Crippen molar-refractivity contribution in [2.45, 2.75) is 0 Å². The summed E-state index contributed by atoms with van der Waals surface area (Å²) in [5.74, 6) is 0.600. The van der Waals surface area contributed by atoms with Gasteiger partial charge in [-0.05, 0) is 36.4 Å². The summed E-state index contributed by atoms with van der Waals surface area (Å²) in [6, 6.07) is 20.7. The second-order valence-electron chi connectivity index (χ2n) is 6.27. The predicted octanol–water partition coefficient (Wildman–Crippen LogP) is 6.57. The van der Waals surface area contributed by atoms with Crippen LogP contribution in [0.5, 0.6) is 0 Å². The molecule has 7 heteroatoms. The van der Waals surface area contributed by atoms with E-state index in [0.29, 0.717) is 26.5 Å². The first-order valence-electron chi connectivity index (χ1n) is 8.47. The molecule has 4 nitrogen and oxygen atoms in total. The third-order valence-electron chi connectivity index (χ3n) is 4.50. The molecule has 0 aliphatic carbocycles. The molecular formula is C21H11Cl3N4. The Balaban J connectivity index is 1.93. The number of rotatable bonds is 2. The number of nitrogens with zero attached hydrogens (tertiary/aromatic N) is 4. The number of benzene rings is 3. The molecule has 5 rings (SSSR count). The first-order chi connectivity index (χ1) is 13.6. The van der Waals surface area contributed by atoms with Gasteiger partial charge in [0.05, 0.1) is 16.1 Å². The zero-order valence-electron chi connectivity index (χ0n) is 14.3. The summed E-state index contributed by atoms with van der Waals surface area (Å²) in [5.41, 5.74) is 4.62. The lowest BCUT2D eigenvalue weighted by Gasteiger charge is -2.10. The van der Waals surface area contributed by atoms with E-state index in [1.807, 2.05) is 59.0 Å². The normalized spacial score (nSPS) is 11.4. The fourth-order valence-corrected chi connectivity index (χ4v) is 3.90. The quantitative estimate of drug-likeness (QED) is 0.321. The zero-order chi connectivity index (χ0) is 19.3. The van der Waals surface area contributed by atoms with Crippen LogP contribution >= 0.6 is 34.8 Å². The van der Waals surface area contributed by atoms with Crippen molar-refractivity contribution in [3.05, 3.63) is 81.8 Å². The minimum atomic E-state index is 0.495. The van der Waals surface area contributed by atoms with E-state index in [-0.39, 0.29) is 0 Å². The SMILES string of the molecule is Clc1ccc(-c2nnc3c(-c4ccccc4)nc4ccc(Cl)cc4n23)c(Cl)c1. The molecule has 3 aromatic carbocycles. The van der Waals surface area contributed by atoms with Crippen LogP contribution < -0.4 is 0 Å². The molecular weight excluding hydrogens is 415 g/mol. The largest absolute Gasteiger partial charge is 0.271 e. The van der Waals surface area contributed by atoms with E-state index < -0.39 is 0 Å². The van der Waals surface area contributed by atoms with E-state index in [9.17, 15) is 0 Å². The molecule has 0 fully saturated rings. The Morgan fingerprint density at radius 3 is 2.29 bits per heavy atom. The van der Waals surface area contributed by atoms with E-state index >= 15 is 0 Å². The number of aromatic nitrogens is 4. The zero-order valence-corrected chi connectivity index (χ0v) is 16.5. The third kappa shape index (κ3) is 2.81. The van der Waals surface area contributed by atoms with E-state index in [1.165, 1.54) is 0 Å². The minimum absolute atomic E-state index is 0.495. The average molecular weight is 426 g/mol. The van der Waals surface area contributed by atoms with Crippen molar-refractivity contribution in [3.8, 4) is 22.6 Å². The summed E-state index contributed by atoms with van der Waals surface area (Å²) in [6.07, 6.45) is 0. The Kier molecular flexibility index (Phi) is 4.20. The highest BCUT2D eigenvalue weighted by atomic mass is 35.5. The van der Waals surface area contributed by atoms with Crippen molar-refractivity contribution in [2.24, 2.45) is 0 Å². The standard InChI is InChI=1S/C21H11Cl3N4/c22-13-6-8-15(16(24)10-13)20-26-27-21-19(12-4-2-1-3-5-12)25-17-9-7-14(23)11-18(17)28(20)21/h1-11H. The first kappa shape index (κ1) is 17.4. The van der Waals surface area contributed by atoms with Gasteiger partial charge in [-0.25, -0.2) is 4.98 Å². The molecule has 0 unspecified atom stereocenters. The Morgan fingerprint density at radius 2 is 1.50 bits per heavy atom. The Hall–Kier alpha value is -2.66. The van der Waals surface area contributed by atoms with Crippen LogP contribution in [0, 0.1) is 0 Å². The van der Waals surface area contributed by atoms with Crippen LogP contribution in [0.25, 0.3) is 39.3 Å². The number of hydrogen-bond acceptors (Lipinski definition) is 3. The van der Waals surface area contributed by atoms with Crippen LogP contribution in [0.4, 0.5) is 0 Å². The molecule has 28 heavy (non-hydrogen) atoms. The highest BCUT2D eigenvalue weighted by Crippen LogP contribution is 2.34. The maximum Gasteiger partial charge on any atom is 0.188 e. The van der Waals surface area contributed by atoms with Crippen LogP contribution in [0.3, 0.4) is 0 Å². The fraction of sp³-hybridized carbons (Fsp3) is 0. The van der Waals surface area contributed by atoms with Gasteiger partial charge in [-0.3, -0.25) is 4.40 Å². The average Bonchev–Trinajstić information content (AvgIpc) is 3.13. The van der Waals surface area contributed by atoms with Crippen LogP contribution in [0.15, 0.2) is 66.7 Å². The van der Waals surface area contributed by atoms with Gasteiger partial charge in [-0.15, -0.1) is 10.2 Å². The lowest BCUT2D eigenvalue weighted by molar-refractivity contribution is 1.12. The lowest BCUT2D eigenvalue weighted by atomic mass is 10.1. The highest BCUT2D eigenvalue weighted by Gasteiger charge is 2.19. The smallest absolute Gasteiger partial charge is 0.188 e. The maximum atomic E-state index is 6.45. The van der Waals surface area contributed by atoms with Crippen molar-refractivity contribution in [3.63, 3.8) is 0 Å². The van der Waals surface area contributed by atoms with Crippen molar-refractivity contribution in [1.82, 2.24) is 19.6 Å². The molecule has 0 bridgehead atoms. The van der Waals surface area contributed by atoms with E-state index in [1.54, 1.807) is 12.1 Å². The van der Waals surface area contributed by atoms with Crippen LogP contribution in [0.2, 0.25) is 15.1 Å². The van der Waals surface area contributed by atoms with Gasteiger partial charge in [0.2, 0.25) is 0 Å². The molecule has 0 aliphatic rings. The van der Waals surface area contributed by atoms with Gasteiger partial charge >= 0.3 is 0 Å². The summed E-state index contributed by atoms with van der Waals surface area (Å²) in [7, 11) is 0. The Labute approximate surface area is 175 Å². The van der Waals surface area contributed by atoms with E-state index in [4.69, 9.17) is 39.8 Å². The Bertz CT molecular complexity index is 1350. The van der Waals surface area contributed by atoms with Crippen molar-refractivity contribution >= 4 is 51.5 Å². The van der Waals surface area contributed by atoms with Crippen molar-refractivity contribution in [1.29, 1.82) is 0 Å². The molecule has 2 heterocycles. The minimum Gasteiger partial charge on any atom is -0.271 e. The van der Waals surface area contributed by atoms with Gasteiger partial charge in [-0.2, -0.15) is 0 Å². The van der Waals surface area contributed by atoms with Gasteiger partial charge in [-0.1, -0.05) is 65.1 Å². The topological polar surface area (TPSA) is 43.1 Å². The van der Waals surface area contributed by atoms with Gasteiger partial charge in [0.25, 0.3) is 0 Å². The van der Waals surface area contributed by atoms with Crippen LogP contribution in [-0.2, 0) is 0 Å². The number of hydrogen-bond donors (Lipinski definition) is 0. The highest BCUT2D eigenvalue weighted by molar-refractivity contribution is 6.36. The maximum absolute atomic E-state index is 6.45. The van der Waals surface area contributed by atoms with Gasteiger partial charge in [0, 0.05) is 21.2 Å². The molecule has 0 saturated heterocycles. The number of fused-ring (bicyclic) bond motifs is 3. The van der Waals surface area contributed by atoms with Gasteiger partial charge < -0.3 is 0 Å². The summed E-state index contributed by atoms with van der Waals surface area (Å²) in [4.78, 5) is 4.82. The van der Waals surface area contributed by atoms with Crippen LogP contribution in [-0.4, -0.2) is 19.6 Å². The van der Waals surface area contributed by atoms with Gasteiger partial charge in [0.15, 0.2) is 11.5 Å². The third-order valence-corrected chi connectivity index (χ3v) is 5.29.